The van der Waals surface area contributed by atoms with E-state index in [0.717, 1.165) is 5.56 Å². The van der Waals surface area contributed by atoms with Crippen LogP contribution in [-0.2, 0) is 6.54 Å². The molecule has 0 aliphatic carbocycles. The lowest BCUT2D eigenvalue weighted by molar-refractivity contribution is 0.0950. The monoisotopic (exact) mass is 350 g/mol. The van der Waals surface area contributed by atoms with E-state index in [-0.39, 0.29) is 11.7 Å². The van der Waals surface area contributed by atoms with Gasteiger partial charge in [0.15, 0.2) is 0 Å². The van der Waals surface area contributed by atoms with Crippen molar-refractivity contribution in [1.82, 2.24) is 5.32 Å². The Morgan fingerprint density at radius 2 is 1.86 bits per heavy atom. The number of nitrogens with one attached hydrogen (secondary N) is 1. The van der Waals surface area contributed by atoms with Crippen molar-refractivity contribution in [3.05, 3.63) is 62.9 Å². The fraction of sp³-hybridized carbons (Fsp3) is 0.188. The lowest BCUT2D eigenvalue weighted by Crippen LogP contribution is -2.23. The molecule has 5 heteroatoms. The van der Waals surface area contributed by atoms with E-state index < -0.39 is 0 Å². The molecule has 0 unspecified atom stereocenters. The van der Waals surface area contributed by atoms with Crippen LogP contribution in [0.4, 0.5) is 10.1 Å². The molecule has 0 aliphatic rings. The Morgan fingerprint density at radius 1 is 1.24 bits per heavy atom. The van der Waals surface area contributed by atoms with E-state index in [1.54, 1.807) is 44.2 Å². The van der Waals surface area contributed by atoms with E-state index in [4.69, 9.17) is 5.73 Å². The summed E-state index contributed by atoms with van der Waals surface area (Å²) >= 11 is 3.32. The molecule has 0 fully saturated rings. The molecule has 0 radical (unpaired) electrons. The topological polar surface area (TPSA) is 55.1 Å². The van der Waals surface area contributed by atoms with Gasteiger partial charge in [-0.25, -0.2) is 4.39 Å². The molecule has 0 atom stereocenters. The number of hydrogen-bond donors (Lipinski definition) is 2. The summed E-state index contributed by atoms with van der Waals surface area (Å²) in [4.78, 5) is 12.2. The number of amides is 1. The van der Waals surface area contributed by atoms with Gasteiger partial charge in [0.1, 0.15) is 5.82 Å². The van der Waals surface area contributed by atoms with E-state index in [2.05, 4.69) is 21.2 Å². The number of anilines is 1. The lowest BCUT2D eigenvalue weighted by Gasteiger charge is -2.10. The summed E-state index contributed by atoms with van der Waals surface area (Å²) in [5.41, 5.74) is 8.70. The number of rotatable bonds is 3. The van der Waals surface area contributed by atoms with Crippen LogP contribution in [0, 0.1) is 19.7 Å². The van der Waals surface area contributed by atoms with Crippen LogP contribution in [0.5, 0.6) is 0 Å². The van der Waals surface area contributed by atoms with E-state index in [0.29, 0.717) is 33.4 Å². The Kier molecular flexibility index (Phi) is 4.63. The Hall–Kier alpha value is -1.88. The first-order valence-corrected chi connectivity index (χ1v) is 7.26. The highest BCUT2D eigenvalue weighted by Gasteiger charge is 2.11. The molecule has 2 aromatic rings. The number of aryl methyl sites for hydroxylation is 2. The number of nitrogens with two attached hydrogens (primary N) is 1. The number of carbonyl (C=O) groups is 1. The molecule has 0 bridgehead atoms. The van der Waals surface area contributed by atoms with E-state index >= 15 is 0 Å². The Labute approximate surface area is 131 Å². The summed E-state index contributed by atoms with van der Waals surface area (Å²) in [5.74, 6) is -0.433. The van der Waals surface area contributed by atoms with Crippen molar-refractivity contribution in [2.24, 2.45) is 0 Å². The molecule has 0 spiro atoms. The zero-order valence-electron chi connectivity index (χ0n) is 11.8. The number of hydrogen-bond acceptors (Lipinski definition) is 2. The van der Waals surface area contributed by atoms with Gasteiger partial charge in [0.25, 0.3) is 5.91 Å². The highest BCUT2D eigenvalue weighted by atomic mass is 79.9. The largest absolute Gasteiger partial charge is 0.399 e. The highest BCUT2D eigenvalue weighted by Crippen LogP contribution is 2.20. The molecule has 3 N–H and O–H groups in total. The normalized spacial score (nSPS) is 10.5. The molecule has 0 saturated carbocycles. The summed E-state index contributed by atoms with van der Waals surface area (Å²) in [5, 5.41) is 2.81. The molecule has 1 amide bonds. The van der Waals surface area contributed by atoms with Crippen LogP contribution in [-0.4, -0.2) is 5.91 Å². The van der Waals surface area contributed by atoms with Crippen molar-refractivity contribution < 1.29 is 9.18 Å². The second-order valence-electron chi connectivity index (χ2n) is 4.97. The quantitative estimate of drug-likeness (QED) is 0.829. The van der Waals surface area contributed by atoms with Gasteiger partial charge in [0.2, 0.25) is 0 Å². The summed E-state index contributed by atoms with van der Waals surface area (Å²) in [6.45, 7) is 3.76. The molecule has 0 heterocycles. The average Bonchev–Trinajstić information content (AvgIpc) is 2.44. The van der Waals surface area contributed by atoms with Crippen LogP contribution in [0.2, 0.25) is 0 Å². The van der Waals surface area contributed by atoms with Gasteiger partial charge in [0, 0.05) is 16.7 Å². The van der Waals surface area contributed by atoms with Crippen LogP contribution < -0.4 is 11.1 Å². The van der Waals surface area contributed by atoms with Crippen LogP contribution in [0.25, 0.3) is 0 Å². The molecule has 0 aliphatic heterocycles. The van der Waals surface area contributed by atoms with Gasteiger partial charge in [0.05, 0.1) is 5.56 Å². The van der Waals surface area contributed by atoms with E-state index in [1.165, 1.54) is 0 Å². The van der Waals surface area contributed by atoms with Gasteiger partial charge in [-0.05, 0) is 64.7 Å². The van der Waals surface area contributed by atoms with E-state index in [1.807, 2.05) is 0 Å². The summed E-state index contributed by atoms with van der Waals surface area (Å²) in [6, 6.07) is 8.53. The zero-order chi connectivity index (χ0) is 15.6. The maximum Gasteiger partial charge on any atom is 0.252 e. The maximum absolute atomic E-state index is 13.6. The maximum atomic E-state index is 13.6. The minimum atomic E-state index is -0.228. The minimum Gasteiger partial charge on any atom is -0.399 e. The smallest absolute Gasteiger partial charge is 0.252 e. The molecule has 21 heavy (non-hydrogen) atoms. The Bertz CT molecular complexity index is 678. The fourth-order valence-electron chi connectivity index (χ4n) is 2.13. The predicted octanol–water partition coefficient (Wildman–Crippen LogP) is 3.72. The van der Waals surface area contributed by atoms with Gasteiger partial charge in [-0.1, -0.05) is 12.1 Å². The predicted molar refractivity (Wildman–Crippen MR) is 85.6 cm³/mol. The van der Waals surface area contributed by atoms with Crippen LogP contribution >= 0.6 is 15.9 Å². The summed E-state index contributed by atoms with van der Waals surface area (Å²) in [6.07, 6.45) is 0. The van der Waals surface area contributed by atoms with Gasteiger partial charge in [-0.3, -0.25) is 4.79 Å². The van der Waals surface area contributed by atoms with Crippen molar-refractivity contribution in [2.45, 2.75) is 20.4 Å². The van der Waals surface area contributed by atoms with Gasteiger partial charge < -0.3 is 11.1 Å². The standard InChI is InChI=1S/C16H16BrFN2O/c1-9-5-11(6-10(2)15(9)18)8-20-16(21)13-7-12(19)3-4-14(13)17/h3-7H,8,19H2,1-2H3,(H,20,21). The van der Waals surface area contributed by atoms with Crippen LogP contribution in [0.1, 0.15) is 27.0 Å². The minimum absolute atomic E-state index is 0.205. The third-order valence-corrected chi connectivity index (χ3v) is 3.88. The second kappa shape index (κ2) is 6.26. The molecular weight excluding hydrogens is 335 g/mol. The zero-order valence-corrected chi connectivity index (χ0v) is 13.4. The van der Waals surface area contributed by atoms with Gasteiger partial charge >= 0.3 is 0 Å². The third-order valence-electron chi connectivity index (χ3n) is 3.18. The van der Waals surface area contributed by atoms with Crippen LogP contribution in [0.15, 0.2) is 34.8 Å². The highest BCUT2D eigenvalue weighted by molar-refractivity contribution is 9.10. The first-order valence-electron chi connectivity index (χ1n) is 6.47. The fourth-order valence-corrected chi connectivity index (χ4v) is 2.56. The van der Waals surface area contributed by atoms with Crippen molar-refractivity contribution in [3.8, 4) is 0 Å². The molecule has 2 aromatic carbocycles. The summed E-state index contributed by atoms with van der Waals surface area (Å²) < 4.78 is 14.2. The Balaban J connectivity index is 2.13. The third kappa shape index (κ3) is 3.61. The second-order valence-corrected chi connectivity index (χ2v) is 5.82. The average molecular weight is 351 g/mol. The van der Waals surface area contributed by atoms with Crippen LogP contribution in [0.3, 0.4) is 0 Å². The number of carbonyl (C=O) groups excluding carboxylic acids is 1. The first kappa shape index (κ1) is 15.5. The first-order chi connectivity index (χ1) is 9.88. The van der Waals surface area contributed by atoms with Gasteiger partial charge in [-0.2, -0.15) is 0 Å². The van der Waals surface area contributed by atoms with Crippen molar-refractivity contribution in [1.29, 1.82) is 0 Å². The molecular formula is C16H16BrFN2O. The van der Waals surface area contributed by atoms with Crippen molar-refractivity contribution >= 4 is 27.5 Å². The lowest BCUT2D eigenvalue weighted by atomic mass is 10.1. The molecule has 2 rings (SSSR count). The van der Waals surface area contributed by atoms with Crippen molar-refractivity contribution in [2.75, 3.05) is 5.73 Å². The molecule has 110 valence electrons. The molecule has 0 saturated heterocycles. The SMILES string of the molecule is Cc1cc(CNC(=O)c2cc(N)ccc2Br)cc(C)c1F. The number of benzene rings is 2. The number of nitrogen functional groups attached to an aromatic ring is 1. The summed E-state index contributed by atoms with van der Waals surface area (Å²) in [7, 11) is 0. The number of halogens is 2. The molecule has 0 aromatic heterocycles. The van der Waals surface area contributed by atoms with Gasteiger partial charge in [-0.15, -0.1) is 0 Å². The Morgan fingerprint density at radius 3 is 2.48 bits per heavy atom. The molecule has 3 nitrogen and oxygen atoms in total. The van der Waals surface area contributed by atoms with Crippen molar-refractivity contribution in [3.63, 3.8) is 0 Å². The van der Waals surface area contributed by atoms with E-state index in [9.17, 15) is 9.18 Å².